The van der Waals surface area contributed by atoms with E-state index in [0.29, 0.717) is 17.5 Å². The fraction of sp³-hybridized carbons (Fsp3) is 0.211. The Morgan fingerprint density at radius 1 is 1.12 bits per heavy atom. The van der Waals surface area contributed by atoms with Crippen LogP contribution in [-0.2, 0) is 11.3 Å². The van der Waals surface area contributed by atoms with Gasteiger partial charge in [0.05, 0.1) is 6.54 Å². The van der Waals surface area contributed by atoms with Gasteiger partial charge in [-0.1, -0.05) is 47.1 Å². The molecule has 6 nitrogen and oxygen atoms in total. The molecule has 0 saturated heterocycles. The van der Waals surface area contributed by atoms with Crippen LogP contribution in [-0.4, -0.2) is 22.7 Å². The number of ether oxygens (including phenoxy) is 1. The molecule has 0 spiro atoms. The van der Waals surface area contributed by atoms with Crippen LogP contribution in [0.15, 0.2) is 53.1 Å². The van der Waals surface area contributed by atoms with Gasteiger partial charge in [0.25, 0.3) is 5.91 Å². The predicted molar refractivity (Wildman–Crippen MR) is 93.0 cm³/mol. The smallest absolute Gasteiger partial charge is 0.258 e. The van der Waals surface area contributed by atoms with Gasteiger partial charge in [0, 0.05) is 5.56 Å². The van der Waals surface area contributed by atoms with Gasteiger partial charge in [0.1, 0.15) is 5.75 Å². The maximum atomic E-state index is 11.9. The maximum absolute atomic E-state index is 11.9. The molecule has 1 heterocycles. The standard InChI is InChI=1S/C19H19N3O3/c1-13-6-8-15(9-7-13)19-21-18(25-22-19)11-20-17(23)12-24-16-5-3-4-14(2)10-16/h3-10H,11-12H2,1-2H3,(H,20,23). The van der Waals surface area contributed by atoms with Crippen LogP contribution in [0.2, 0.25) is 0 Å². The van der Waals surface area contributed by atoms with E-state index in [-0.39, 0.29) is 19.1 Å². The molecule has 3 rings (SSSR count). The van der Waals surface area contributed by atoms with E-state index >= 15 is 0 Å². The number of carbonyl (C=O) groups excluding carboxylic acids is 1. The first-order valence-electron chi connectivity index (χ1n) is 7.96. The Balaban J connectivity index is 1.50. The number of rotatable bonds is 6. The Hall–Kier alpha value is -3.15. The minimum Gasteiger partial charge on any atom is -0.484 e. The molecule has 6 heteroatoms. The van der Waals surface area contributed by atoms with Crippen molar-refractivity contribution in [3.05, 3.63) is 65.5 Å². The molecule has 0 aliphatic rings. The van der Waals surface area contributed by atoms with E-state index < -0.39 is 0 Å². The van der Waals surface area contributed by atoms with Gasteiger partial charge in [-0.15, -0.1) is 0 Å². The van der Waals surface area contributed by atoms with E-state index in [0.717, 1.165) is 16.7 Å². The van der Waals surface area contributed by atoms with Crippen LogP contribution < -0.4 is 10.1 Å². The summed E-state index contributed by atoms with van der Waals surface area (Å²) < 4.78 is 10.6. The quantitative estimate of drug-likeness (QED) is 0.748. The first kappa shape index (κ1) is 16.7. The molecule has 0 bridgehead atoms. The molecule has 0 atom stereocenters. The molecule has 1 aromatic heterocycles. The molecule has 3 aromatic rings. The number of aryl methyl sites for hydroxylation is 2. The highest BCUT2D eigenvalue weighted by molar-refractivity contribution is 5.77. The van der Waals surface area contributed by atoms with Crippen molar-refractivity contribution in [1.29, 1.82) is 0 Å². The van der Waals surface area contributed by atoms with E-state index in [1.165, 1.54) is 0 Å². The van der Waals surface area contributed by atoms with E-state index in [4.69, 9.17) is 9.26 Å². The number of nitrogens with one attached hydrogen (secondary N) is 1. The van der Waals surface area contributed by atoms with Crippen molar-refractivity contribution < 1.29 is 14.1 Å². The topological polar surface area (TPSA) is 77.2 Å². The number of hydrogen-bond donors (Lipinski definition) is 1. The lowest BCUT2D eigenvalue weighted by Crippen LogP contribution is -2.28. The zero-order valence-electron chi connectivity index (χ0n) is 14.2. The summed E-state index contributed by atoms with van der Waals surface area (Å²) in [5, 5.41) is 6.63. The minimum atomic E-state index is -0.253. The van der Waals surface area contributed by atoms with Crippen LogP contribution in [0.1, 0.15) is 17.0 Å². The molecule has 0 aliphatic carbocycles. The van der Waals surface area contributed by atoms with E-state index in [1.54, 1.807) is 0 Å². The van der Waals surface area contributed by atoms with Gasteiger partial charge in [0.2, 0.25) is 11.7 Å². The van der Waals surface area contributed by atoms with Crippen molar-refractivity contribution in [2.75, 3.05) is 6.61 Å². The molecule has 0 aliphatic heterocycles. The lowest BCUT2D eigenvalue weighted by atomic mass is 10.1. The highest BCUT2D eigenvalue weighted by Gasteiger charge is 2.10. The molecule has 25 heavy (non-hydrogen) atoms. The molecule has 128 valence electrons. The summed E-state index contributed by atoms with van der Waals surface area (Å²) in [5.41, 5.74) is 3.11. The lowest BCUT2D eigenvalue weighted by Gasteiger charge is -2.06. The SMILES string of the molecule is Cc1ccc(-c2noc(CNC(=O)COc3cccc(C)c3)n2)cc1. The molecule has 2 aromatic carbocycles. The van der Waals surface area contributed by atoms with E-state index in [1.807, 2.05) is 62.4 Å². The lowest BCUT2D eigenvalue weighted by molar-refractivity contribution is -0.123. The van der Waals surface area contributed by atoms with Gasteiger partial charge in [-0.25, -0.2) is 0 Å². The van der Waals surface area contributed by atoms with Gasteiger partial charge in [-0.05, 0) is 31.5 Å². The van der Waals surface area contributed by atoms with Crippen LogP contribution in [0.25, 0.3) is 11.4 Å². The van der Waals surface area contributed by atoms with Crippen molar-refractivity contribution >= 4 is 5.91 Å². The van der Waals surface area contributed by atoms with Crippen molar-refractivity contribution in [1.82, 2.24) is 15.5 Å². The Kier molecular flexibility index (Phi) is 5.09. The predicted octanol–water partition coefficient (Wildman–Crippen LogP) is 3.05. The Labute approximate surface area is 145 Å². The summed E-state index contributed by atoms with van der Waals surface area (Å²) in [6.45, 7) is 4.07. The third-order valence-electron chi connectivity index (χ3n) is 3.57. The second-order valence-corrected chi connectivity index (χ2v) is 5.76. The van der Waals surface area contributed by atoms with Gasteiger partial charge in [-0.3, -0.25) is 4.79 Å². The van der Waals surface area contributed by atoms with Gasteiger partial charge >= 0.3 is 0 Å². The molecule has 1 amide bonds. The average molecular weight is 337 g/mol. The summed E-state index contributed by atoms with van der Waals surface area (Å²) in [6.07, 6.45) is 0. The fourth-order valence-electron chi connectivity index (χ4n) is 2.23. The van der Waals surface area contributed by atoms with Crippen molar-refractivity contribution in [3.8, 4) is 17.1 Å². The second-order valence-electron chi connectivity index (χ2n) is 5.76. The summed E-state index contributed by atoms with van der Waals surface area (Å²) in [5.74, 6) is 1.26. The summed E-state index contributed by atoms with van der Waals surface area (Å²) >= 11 is 0. The first-order valence-corrected chi connectivity index (χ1v) is 7.96. The zero-order chi connectivity index (χ0) is 17.6. The molecular weight excluding hydrogens is 318 g/mol. The maximum Gasteiger partial charge on any atom is 0.258 e. The second kappa shape index (κ2) is 7.61. The summed E-state index contributed by atoms with van der Waals surface area (Å²) in [7, 11) is 0. The van der Waals surface area contributed by atoms with Crippen LogP contribution in [0, 0.1) is 13.8 Å². The third-order valence-corrected chi connectivity index (χ3v) is 3.57. The number of hydrogen-bond acceptors (Lipinski definition) is 5. The van der Waals surface area contributed by atoms with Gasteiger partial charge in [0.15, 0.2) is 6.61 Å². The van der Waals surface area contributed by atoms with E-state index in [9.17, 15) is 4.79 Å². The van der Waals surface area contributed by atoms with Crippen molar-refractivity contribution in [2.24, 2.45) is 0 Å². The summed E-state index contributed by atoms with van der Waals surface area (Å²) in [6, 6.07) is 15.4. The Bertz CT molecular complexity index is 856. The number of nitrogens with zero attached hydrogens (tertiary/aromatic N) is 2. The number of benzene rings is 2. The third kappa shape index (κ3) is 4.67. The molecule has 0 unspecified atom stereocenters. The first-order chi connectivity index (χ1) is 12.1. The number of amides is 1. The summed E-state index contributed by atoms with van der Waals surface area (Å²) in [4.78, 5) is 16.1. The molecule has 0 fully saturated rings. The van der Waals surface area contributed by atoms with Crippen molar-refractivity contribution in [3.63, 3.8) is 0 Å². The van der Waals surface area contributed by atoms with Crippen LogP contribution in [0.4, 0.5) is 0 Å². The molecule has 0 saturated carbocycles. The number of carbonyl (C=O) groups is 1. The van der Waals surface area contributed by atoms with Crippen LogP contribution >= 0.6 is 0 Å². The van der Waals surface area contributed by atoms with E-state index in [2.05, 4.69) is 15.5 Å². The largest absolute Gasteiger partial charge is 0.484 e. The number of aromatic nitrogens is 2. The molecule has 1 N–H and O–H groups in total. The fourth-order valence-corrected chi connectivity index (χ4v) is 2.23. The molecule has 0 radical (unpaired) electrons. The monoisotopic (exact) mass is 337 g/mol. The highest BCUT2D eigenvalue weighted by Crippen LogP contribution is 2.16. The highest BCUT2D eigenvalue weighted by atomic mass is 16.5. The zero-order valence-corrected chi connectivity index (χ0v) is 14.2. The Morgan fingerprint density at radius 2 is 1.92 bits per heavy atom. The van der Waals surface area contributed by atoms with Crippen molar-refractivity contribution in [2.45, 2.75) is 20.4 Å². The minimum absolute atomic E-state index is 0.0671. The normalized spacial score (nSPS) is 10.5. The van der Waals surface area contributed by atoms with Gasteiger partial charge in [-0.2, -0.15) is 4.98 Å². The van der Waals surface area contributed by atoms with Gasteiger partial charge < -0.3 is 14.6 Å². The van der Waals surface area contributed by atoms with Crippen LogP contribution in [0.5, 0.6) is 5.75 Å². The average Bonchev–Trinajstić information content (AvgIpc) is 3.08. The molecular formula is C19H19N3O3. The Morgan fingerprint density at radius 3 is 2.68 bits per heavy atom. The van der Waals surface area contributed by atoms with Crippen LogP contribution in [0.3, 0.4) is 0 Å².